The van der Waals surface area contributed by atoms with Crippen LogP contribution in [0.5, 0.6) is 0 Å². The maximum absolute atomic E-state index is 10.3. The highest BCUT2D eigenvalue weighted by atomic mass is 16.3. The summed E-state index contributed by atoms with van der Waals surface area (Å²) < 4.78 is 0. The Morgan fingerprint density at radius 2 is 1.63 bits per heavy atom. The van der Waals surface area contributed by atoms with E-state index in [2.05, 4.69) is 20.8 Å². The van der Waals surface area contributed by atoms with Gasteiger partial charge in [0, 0.05) is 6.61 Å². The predicted molar refractivity (Wildman–Crippen MR) is 109 cm³/mol. The van der Waals surface area contributed by atoms with E-state index in [1.165, 1.54) is 51.4 Å². The van der Waals surface area contributed by atoms with Crippen LogP contribution in [0, 0.1) is 58.2 Å². The number of hydrogen-bond acceptors (Lipinski definition) is 2. The molecule has 0 spiro atoms. The molecule has 10 atom stereocenters. The molecule has 0 aromatic heterocycles. The Hall–Kier alpha value is -0.0800. The number of fused-ring (bicyclic) bond motifs is 5. The minimum absolute atomic E-state index is 0.0334. The van der Waals surface area contributed by atoms with Gasteiger partial charge in [0.25, 0.3) is 0 Å². The zero-order valence-corrected chi connectivity index (χ0v) is 17.9. The molecule has 2 nitrogen and oxygen atoms in total. The van der Waals surface area contributed by atoms with E-state index >= 15 is 0 Å². The molecule has 0 saturated heterocycles. The lowest BCUT2D eigenvalue weighted by Crippen LogP contribution is -2.55. The average Bonchev–Trinajstić information content (AvgIpc) is 3.44. The molecule has 10 unspecified atom stereocenters. The molecule has 5 fully saturated rings. The summed E-state index contributed by atoms with van der Waals surface area (Å²) >= 11 is 0. The van der Waals surface area contributed by atoms with Crippen LogP contribution in [0.2, 0.25) is 0 Å². The fourth-order valence-corrected chi connectivity index (χ4v) is 9.48. The highest BCUT2D eigenvalue weighted by Gasteiger charge is 2.64. The maximum Gasteiger partial charge on any atom is 0.0543 e. The normalized spacial score (nSPS) is 56.1. The fourth-order valence-electron chi connectivity index (χ4n) is 9.48. The number of hydrogen-bond donors (Lipinski definition) is 2. The van der Waals surface area contributed by atoms with E-state index in [-0.39, 0.29) is 6.10 Å². The molecule has 0 aromatic rings. The van der Waals surface area contributed by atoms with Crippen LogP contribution in [0.25, 0.3) is 0 Å². The van der Waals surface area contributed by atoms with Crippen LogP contribution in [0.1, 0.15) is 85.0 Å². The lowest BCUT2D eigenvalue weighted by molar-refractivity contribution is -0.137. The van der Waals surface area contributed by atoms with Gasteiger partial charge in [-0.3, -0.25) is 0 Å². The van der Waals surface area contributed by atoms with Gasteiger partial charge in [-0.25, -0.2) is 0 Å². The van der Waals surface area contributed by atoms with E-state index in [4.69, 9.17) is 0 Å². The lowest BCUT2D eigenvalue weighted by atomic mass is 9.43. The molecular weight excluding hydrogens is 332 g/mol. The molecule has 0 aromatic carbocycles. The van der Waals surface area contributed by atoms with Crippen LogP contribution in [0.3, 0.4) is 0 Å². The summed E-state index contributed by atoms with van der Waals surface area (Å²) in [6.07, 6.45) is 13.3. The van der Waals surface area contributed by atoms with Crippen molar-refractivity contribution in [1.29, 1.82) is 0 Å². The minimum atomic E-state index is -0.0334. The van der Waals surface area contributed by atoms with Crippen molar-refractivity contribution < 1.29 is 10.2 Å². The van der Waals surface area contributed by atoms with Gasteiger partial charge >= 0.3 is 0 Å². The van der Waals surface area contributed by atoms with E-state index in [1.54, 1.807) is 0 Å². The SMILES string of the molecule is CC(CO)C1CC(C2CC2)C2C3CCC4CC(O)CCC4(C)C3CCC12C. The Morgan fingerprint density at radius 3 is 2.33 bits per heavy atom. The summed E-state index contributed by atoms with van der Waals surface area (Å²) in [5.41, 5.74) is 0.951. The van der Waals surface area contributed by atoms with Crippen LogP contribution in [0.4, 0.5) is 0 Å². The third kappa shape index (κ3) is 2.71. The summed E-state index contributed by atoms with van der Waals surface area (Å²) in [5, 5.41) is 20.2. The van der Waals surface area contributed by atoms with E-state index < -0.39 is 0 Å². The molecule has 5 aliphatic rings. The van der Waals surface area contributed by atoms with E-state index in [1.807, 2.05) is 0 Å². The maximum atomic E-state index is 10.3. The lowest BCUT2D eigenvalue weighted by Gasteiger charge is -2.61. The first kappa shape index (κ1) is 18.9. The molecule has 2 N–H and O–H groups in total. The van der Waals surface area contributed by atoms with Crippen molar-refractivity contribution in [3.8, 4) is 0 Å². The monoisotopic (exact) mass is 374 g/mol. The molecule has 0 bridgehead atoms. The van der Waals surface area contributed by atoms with Crippen LogP contribution >= 0.6 is 0 Å². The minimum Gasteiger partial charge on any atom is -0.396 e. The van der Waals surface area contributed by atoms with Gasteiger partial charge in [-0.2, -0.15) is 0 Å². The molecule has 2 heteroatoms. The second-order valence-electron chi connectivity index (χ2n) is 12.1. The molecule has 154 valence electrons. The van der Waals surface area contributed by atoms with Crippen molar-refractivity contribution in [2.45, 2.75) is 91.1 Å². The van der Waals surface area contributed by atoms with Crippen LogP contribution in [0.15, 0.2) is 0 Å². The molecule has 0 radical (unpaired) electrons. The van der Waals surface area contributed by atoms with Gasteiger partial charge in [-0.05, 0) is 122 Å². The van der Waals surface area contributed by atoms with Gasteiger partial charge in [0.15, 0.2) is 0 Å². The van der Waals surface area contributed by atoms with Crippen molar-refractivity contribution in [3.05, 3.63) is 0 Å². The van der Waals surface area contributed by atoms with Gasteiger partial charge in [-0.1, -0.05) is 20.8 Å². The van der Waals surface area contributed by atoms with E-state index in [0.29, 0.717) is 23.4 Å². The Kier molecular flexibility index (Phi) is 4.53. The molecule has 0 amide bonds. The summed E-state index contributed by atoms with van der Waals surface area (Å²) in [6.45, 7) is 7.93. The van der Waals surface area contributed by atoms with Crippen LogP contribution in [-0.2, 0) is 0 Å². The molecule has 5 aliphatic carbocycles. The molecular formula is C25H42O2. The summed E-state index contributed by atoms with van der Waals surface area (Å²) in [6, 6.07) is 0. The van der Waals surface area contributed by atoms with Crippen molar-refractivity contribution in [1.82, 2.24) is 0 Å². The number of aliphatic hydroxyl groups is 2. The van der Waals surface area contributed by atoms with E-state index in [0.717, 1.165) is 54.3 Å². The van der Waals surface area contributed by atoms with Gasteiger partial charge < -0.3 is 10.2 Å². The van der Waals surface area contributed by atoms with Gasteiger partial charge in [0.05, 0.1) is 6.10 Å². The standard InChI is InChI=1S/C25H42O2/c1-15(14-26)22-13-20(16-4-5-16)23-19-7-6-17-12-18(27)8-10-24(17,2)21(19)9-11-25(22,23)3/h15-23,26-27H,4-14H2,1-3H3. The van der Waals surface area contributed by atoms with E-state index in [9.17, 15) is 10.2 Å². The predicted octanol–water partition coefficient (Wildman–Crippen LogP) is 5.27. The Morgan fingerprint density at radius 1 is 0.889 bits per heavy atom. The van der Waals surface area contributed by atoms with Crippen molar-refractivity contribution >= 4 is 0 Å². The van der Waals surface area contributed by atoms with Crippen LogP contribution < -0.4 is 0 Å². The zero-order valence-electron chi connectivity index (χ0n) is 17.9. The summed E-state index contributed by atoms with van der Waals surface area (Å²) in [5.74, 6) is 6.63. The first-order valence-electron chi connectivity index (χ1n) is 12.2. The second kappa shape index (κ2) is 6.46. The molecule has 0 aliphatic heterocycles. The van der Waals surface area contributed by atoms with Crippen molar-refractivity contribution in [3.63, 3.8) is 0 Å². The first-order chi connectivity index (χ1) is 12.9. The second-order valence-corrected chi connectivity index (χ2v) is 12.1. The zero-order chi connectivity index (χ0) is 19.0. The van der Waals surface area contributed by atoms with Gasteiger partial charge in [0.1, 0.15) is 0 Å². The van der Waals surface area contributed by atoms with Gasteiger partial charge in [0.2, 0.25) is 0 Å². The van der Waals surface area contributed by atoms with Crippen LogP contribution in [-0.4, -0.2) is 22.9 Å². The summed E-state index contributed by atoms with van der Waals surface area (Å²) in [7, 11) is 0. The Bertz CT molecular complexity index is 571. The fraction of sp³-hybridized carbons (Fsp3) is 1.00. The number of aliphatic hydroxyl groups excluding tert-OH is 2. The largest absolute Gasteiger partial charge is 0.396 e. The quantitative estimate of drug-likeness (QED) is 0.706. The third-order valence-corrected chi connectivity index (χ3v) is 11.0. The third-order valence-electron chi connectivity index (χ3n) is 11.0. The number of rotatable bonds is 3. The smallest absolute Gasteiger partial charge is 0.0543 e. The van der Waals surface area contributed by atoms with Gasteiger partial charge in [-0.15, -0.1) is 0 Å². The topological polar surface area (TPSA) is 40.5 Å². The summed E-state index contributed by atoms with van der Waals surface area (Å²) in [4.78, 5) is 0. The average molecular weight is 375 g/mol. The first-order valence-corrected chi connectivity index (χ1v) is 12.2. The highest BCUT2D eigenvalue weighted by molar-refractivity contribution is 5.13. The molecule has 5 saturated carbocycles. The molecule has 27 heavy (non-hydrogen) atoms. The van der Waals surface area contributed by atoms with Crippen molar-refractivity contribution in [2.24, 2.45) is 58.2 Å². The molecule has 0 heterocycles. The molecule has 5 rings (SSSR count). The Labute approximate surface area is 166 Å². The Balaban J connectivity index is 1.47. The van der Waals surface area contributed by atoms with Crippen molar-refractivity contribution in [2.75, 3.05) is 6.61 Å². The highest BCUT2D eigenvalue weighted by Crippen LogP contribution is 2.71.